The van der Waals surface area contributed by atoms with Gasteiger partial charge in [-0.05, 0) is 12.8 Å². The Balaban J connectivity index is 2.60. The van der Waals surface area contributed by atoms with E-state index in [9.17, 15) is 14.9 Å². The molecule has 0 radical (unpaired) electrons. The zero-order valence-corrected chi connectivity index (χ0v) is 8.32. The Kier molecular flexibility index (Phi) is 3.43. The van der Waals surface area contributed by atoms with Crippen molar-refractivity contribution in [2.75, 3.05) is 6.61 Å². The van der Waals surface area contributed by atoms with E-state index < -0.39 is 11.5 Å². The molecule has 0 bridgehead atoms. The fourth-order valence-electron chi connectivity index (χ4n) is 1.83. The largest absolute Gasteiger partial charge is 0.458 e. The topological polar surface area (TPSA) is 69.4 Å². The average Bonchev–Trinajstić information content (AvgIpc) is 2.16. The first kappa shape index (κ1) is 10.9. The highest BCUT2D eigenvalue weighted by Crippen LogP contribution is 2.31. The molecule has 0 heterocycles. The van der Waals surface area contributed by atoms with Crippen molar-refractivity contribution in [2.24, 2.45) is 0 Å². The maximum atomic E-state index is 10.9. The quantitative estimate of drug-likeness (QED) is 0.394. The zero-order valence-electron chi connectivity index (χ0n) is 8.32. The van der Waals surface area contributed by atoms with Crippen molar-refractivity contribution in [3.63, 3.8) is 0 Å². The first-order valence-corrected chi connectivity index (χ1v) is 4.85. The third-order valence-electron chi connectivity index (χ3n) is 2.72. The highest BCUT2D eigenvalue weighted by molar-refractivity contribution is 5.65. The molecule has 0 amide bonds. The summed E-state index contributed by atoms with van der Waals surface area (Å²) >= 11 is 0. The number of carbonyl (C=O) groups excluding carboxylic acids is 1. The molecule has 0 aromatic rings. The van der Waals surface area contributed by atoms with Gasteiger partial charge < -0.3 is 4.74 Å². The molecule has 80 valence electrons. The zero-order chi connectivity index (χ0) is 10.6. The van der Waals surface area contributed by atoms with Gasteiger partial charge in [0.25, 0.3) is 5.54 Å². The van der Waals surface area contributed by atoms with Crippen LogP contribution in [0.15, 0.2) is 0 Å². The summed E-state index contributed by atoms with van der Waals surface area (Å²) in [7, 11) is 0. The lowest BCUT2D eigenvalue weighted by Gasteiger charge is -2.28. The fourth-order valence-corrected chi connectivity index (χ4v) is 1.83. The minimum Gasteiger partial charge on any atom is -0.458 e. The van der Waals surface area contributed by atoms with Gasteiger partial charge in [0.15, 0.2) is 6.61 Å². The van der Waals surface area contributed by atoms with Crippen LogP contribution in [0.3, 0.4) is 0 Å². The Hall–Kier alpha value is -1.13. The summed E-state index contributed by atoms with van der Waals surface area (Å²) in [5.74, 6) is -0.447. The maximum Gasteiger partial charge on any atom is 0.302 e. The Morgan fingerprint density at radius 3 is 2.43 bits per heavy atom. The smallest absolute Gasteiger partial charge is 0.302 e. The van der Waals surface area contributed by atoms with Crippen molar-refractivity contribution in [3.8, 4) is 0 Å². The summed E-state index contributed by atoms with van der Waals surface area (Å²) in [5, 5.41) is 10.9. The third-order valence-corrected chi connectivity index (χ3v) is 2.72. The molecule has 5 nitrogen and oxygen atoms in total. The van der Waals surface area contributed by atoms with Crippen LogP contribution in [0.4, 0.5) is 0 Å². The second kappa shape index (κ2) is 4.39. The number of nitro groups is 1. The van der Waals surface area contributed by atoms with Crippen LogP contribution in [0.1, 0.15) is 39.0 Å². The summed E-state index contributed by atoms with van der Waals surface area (Å²) in [6, 6.07) is 0. The Bertz CT molecular complexity index is 233. The maximum absolute atomic E-state index is 10.9. The van der Waals surface area contributed by atoms with E-state index in [0.717, 1.165) is 19.3 Å². The predicted molar refractivity (Wildman–Crippen MR) is 49.4 cm³/mol. The van der Waals surface area contributed by atoms with Crippen molar-refractivity contribution < 1.29 is 14.5 Å². The number of carbonyl (C=O) groups is 1. The lowest BCUT2D eigenvalue weighted by atomic mass is 9.83. The number of nitrogens with zero attached hydrogens (tertiary/aromatic N) is 1. The van der Waals surface area contributed by atoms with E-state index >= 15 is 0 Å². The fraction of sp³-hybridized carbons (Fsp3) is 0.889. The van der Waals surface area contributed by atoms with Gasteiger partial charge in [-0.1, -0.05) is 6.42 Å². The highest BCUT2D eigenvalue weighted by atomic mass is 16.6. The molecule has 5 heteroatoms. The van der Waals surface area contributed by atoms with Crippen LogP contribution >= 0.6 is 0 Å². The number of hydrogen-bond acceptors (Lipinski definition) is 4. The average molecular weight is 201 g/mol. The van der Waals surface area contributed by atoms with Gasteiger partial charge in [0.05, 0.1) is 0 Å². The van der Waals surface area contributed by atoms with Gasteiger partial charge in [-0.15, -0.1) is 0 Å². The molecule has 14 heavy (non-hydrogen) atoms. The molecule has 0 aliphatic heterocycles. The monoisotopic (exact) mass is 201 g/mol. The van der Waals surface area contributed by atoms with Crippen LogP contribution in [-0.4, -0.2) is 23.0 Å². The second-order valence-electron chi connectivity index (χ2n) is 3.82. The van der Waals surface area contributed by atoms with E-state index in [4.69, 9.17) is 4.74 Å². The molecule has 0 saturated heterocycles. The molecule has 0 unspecified atom stereocenters. The first-order valence-electron chi connectivity index (χ1n) is 4.85. The lowest BCUT2D eigenvalue weighted by molar-refractivity contribution is -0.578. The molecule has 1 fully saturated rings. The minimum atomic E-state index is -1.01. The Morgan fingerprint density at radius 2 is 2.00 bits per heavy atom. The van der Waals surface area contributed by atoms with E-state index in [1.807, 2.05) is 0 Å². The van der Waals surface area contributed by atoms with Crippen molar-refractivity contribution in [2.45, 2.75) is 44.6 Å². The van der Waals surface area contributed by atoms with Crippen molar-refractivity contribution in [1.82, 2.24) is 0 Å². The van der Waals surface area contributed by atoms with Gasteiger partial charge in [0.1, 0.15) is 0 Å². The molecular weight excluding hydrogens is 186 g/mol. The van der Waals surface area contributed by atoms with Gasteiger partial charge in [0.2, 0.25) is 0 Å². The minimum absolute atomic E-state index is 0.0741. The van der Waals surface area contributed by atoms with Crippen molar-refractivity contribution >= 4 is 5.97 Å². The van der Waals surface area contributed by atoms with Crippen LogP contribution in [0, 0.1) is 10.1 Å². The normalized spacial score (nSPS) is 20.1. The number of ether oxygens (including phenoxy) is 1. The SMILES string of the molecule is CC(=O)OCC1([N+](=O)[O-])CCCCC1. The first-order chi connectivity index (χ1) is 6.57. The molecule has 1 aliphatic carbocycles. The van der Waals surface area contributed by atoms with Gasteiger partial charge in [-0.3, -0.25) is 14.9 Å². The summed E-state index contributed by atoms with van der Waals surface area (Å²) in [6.07, 6.45) is 3.78. The van der Waals surface area contributed by atoms with Crippen LogP contribution in [-0.2, 0) is 9.53 Å². The van der Waals surface area contributed by atoms with Crippen molar-refractivity contribution in [1.29, 1.82) is 0 Å². The van der Waals surface area contributed by atoms with Crippen LogP contribution in [0.5, 0.6) is 0 Å². The van der Waals surface area contributed by atoms with Crippen LogP contribution in [0.2, 0.25) is 0 Å². The molecule has 0 aromatic carbocycles. The van der Waals surface area contributed by atoms with Gasteiger partial charge in [-0.2, -0.15) is 0 Å². The van der Waals surface area contributed by atoms with Crippen molar-refractivity contribution in [3.05, 3.63) is 10.1 Å². The summed E-state index contributed by atoms with van der Waals surface area (Å²) in [5.41, 5.74) is -1.01. The van der Waals surface area contributed by atoms with Gasteiger partial charge in [0, 0.05) is 24.7 Å². The summed E-state index contributed by atoms with van der Waals surface area (Å²) in [4.78, 5) is 21.2. The Morgan fingerprint density at radius 1 is 1.43 bits per heavy atom. The van der Waals surface area contributed by atoms with E-state index in [-0.39, 0.29) is 11.5 Å². The molecule has 0 aromatic heterocycles. The van der Waals surface area contributed by atoms with E-state index in [0.29, 0.717) is 12.8 Å². The van der Waals surface area contributed by atoms with Crippen LogP contribution < -0.4 is 0 Å². The molecule has 1 aliphatic rings. The Labute approximate surface area is 82.6 Å². The number of hydrogen-bond donors (Lipinski definition) is 0. The van der Waals surface area contributed by atoms with E-state index in [1.54, 1.807) is 0 Å². The molecule has 0 atom stereocenters. The summed E-state index contributed by atoms with van der Waals surface area (Å²) in [6.45, 7) is 1.20. The van der Waals surface area contributed by atoms with Crippen LogP contribution in [0.25, 0.3) is 0 Å². The molecule has 0 spiro atoms. The van der Waals surface area contributed by atoms with E-state index in [1.165, 1.54) is 6.92 Å². The third kappa shape index (κ3) is 2.43. The standard InChI is InChI=1S/C9H15NO4/c1-8(11)14-7-9(10(12)13)5-3-2-4-6-9/h2-7H2,1H3. The molecule has 1 rings (SSSR count). The second-order valence-corrected chi connectivity index (χ2v) is 3.82. The van der Waals surface area contributed by atoms with Gasteiger partial charge in [-0.25, -0.2) is 0 Å². The number of esters is 1. The lowest BCUT2D eigenvalue weighted by Crippen LogP contribution is -2.45. The predicted octanol–water partition coefficient (Wildman–Crippen LogP) is 1.53. The molecule has 1 saturated carbocycles. The highest BCUT2D eigenvalue weighted by Gasteiger charge is 2.44. The van der Waals surface area contributed by atoms with Gasteiger partial charge >= 0.3 is 5.97 Å². The molecular formula is C9H15NO4. The molecule has 0 N–H and O–H groups in total. The van der Waals surface area contributed by atoms with E-state index in [2.05, 4.69) is 0 Å². The number of rotatable bonds is 3. The summed E-state index contributed by atoms with van der Waals surface area (Å²) < 4.78 is 4.77.